The molecule has 1 heterocycles. The lowest BCUT2D eigenvalue weighted by Crippen LogP contribution is -2.20. The van der Waals surface area contributed by atoms with Crippen molar-refractivity contribution in [3.63, 3.8) is 0 Å². The van der Waals surface area contributed by atoms with Gasteiger partial charge in [0, 0.05) is 16.6 Å². The first-order valence-corrected chi connectivity index (χ1v) is 8.38. The van der Waals surface area contributed by atoms with E-state index in [1.165, 1.54) is 0 Å². The number of para-hydroxylation sites is 2. The minimum Gasteiger partial charge on any atom is -0.324 e. The number of benzene rings is 2. The molecule has 3 rings (SSSR count). The number of amides is 1. The van der Waals surface area contributed by atoms with Gasteiger partial charge in [0.1, 0.15) is 12.4 Å². The van der Waals surface area contributed by atoms with Crippen LogP contribution in [0.1, 0.15) is 18.3 Å². The monoisotopic (exact) mass is 371 g/mol. The maximum Gasteiger partial charge on any atom is 0.244 e. The first-order valence-electron chi connectivity index (χ1n) is 7.58. The third-order valence-corrected chi connectivity index (χ3v) is 4.66. The van der Waals surface area contributed by atoms with Gasteiger partial charge in [-0.3, -0.25) is 4.79 Å². The summed E-state index contributed by atoms with van der Waals surface area (Å²) in [6.07, 6.45) is 0.790. The molecule has 1 aromatic heterocycles. The summed E-state index contributed by atoms with van der Waals surface area (Å²) in [6, 6.07) is 13.7. The van der Waals surface area contributed by atoms with Gasteiger partial charge in [-0.15, -0.1) is 0 Å². The quantitative estimate of drug-likeness (QED) is 0.742. The van der Waals surface area contributed by atoms with Gasteiger partial charge in [-0.05, 0) is 36.8 Å². The van der Waals surface area contributed by atoms with Crippen LogP contribution in [0.3, 0.4) is 0 Å². The number of anilines is 1. The highest BCUT2D eigenvalue weighted by molar-refractivity contribution is 9.10. The molecule has 0 aliphatic carbocycles. The first-order chi connectivity index (χ1) is 11.1. The maximum atomic E-state index is 12.4. The van der Waals surface area contributed by atoms with Gasteiger partial charge >= 0.3 is 0 Å². The summed E-state index contributed by atoms with van der Waals surface area (Å²) in [5, 5.41) is 2.95. The number of carbonyl (C=O) groups is 1. The van der Waals surface area contributed by atoms with Gasteiger partial charge in [0.25, 0.3) is 0 Å². The number of rotatable bonds is 4. The number of halogens is 1. The van der Waals surface area contributed by atoms with Crippen LogP contribution < -0.4 is 5.32 Å². The van der Waals surface area contributed by atoms with Crippen molar-refractivity contribution in [3.8, 4) is 0 Å². The smallest absolute Gasteiger partial charge is 0.244 e. The van der Waals surface area contributed by atoms with Crippen LogP contribution in [0.2, 0.25) is 0 Å². The van der Waals surface area contributed by atoms with Gasteiger partial charge in [-0.25, -0.2) is 4.98 Å². The number of imidazole rings is 1. The molecule has 0 atom stereocenters. The molecule has 23 heavy (non-hydrogen) atoms. The molecule has 0 saturated carbocycles. The Labute approximate surface area is 143 Å². The van der Waals surface area contributed by atoms with Gasteiger partial charge in [-0.1, -0.05) is 41.1 Å². The van der Waals surface area contributed by atoms with Gasteiger partial charge in [0.05, 0.1) is 11.0 Å². The fourth-order valence-corrected chi connectivity index (χ4v) is 2.97. The van der Waals surface area contributed by atoms with E-state index in [1.807, 2.05) is 60.9 Å². The fourth-order valence-electron chi connectivity index (χ4n) is 2.59. The highest BCUT2D eigenvalue weighted by atomic mass is 79.9. The fraction of sp³-hybridized carbons (Fsp3) is 0.222. The van der Waals surface area contributed by atoms with Crippen molar-refractivity contribution in [1.82, 2.24) is 9.55 Å². The molecular formula is C18H18BrN3O. The summed E-state index contributed by atoms with van der Waals surface area (Å²) >= 11 is 3.49. The molecule has 0 radical (unpaired) electrons. The van der Waals surface area contributed by atoms with E-state index >= 15 is 0 Å². The number of fused-ring (bicyclic) bond motifs is 1. The Kier molecular flexibility index (Phi) is 4.48. The van der Waals surface area contributed by atoms with Crippen LogP contribution in [-0.4, -0.2) is 15.5 Å². The second-order valence-electron chi connectivity index (χ2n) is 5.47. The third-order valence-electron chi connectivity index (χ3n) is 3.81. The topological polar surface area (TPSA) is 46.9 Å². The minimum atomic E-state index is -0.0568. The SMILES string of the molecule is CCc1nc2ccccc2n1CC(=O)Nc1ccc(C)c(Br)c1. The van der Waals surface area contributed by atoms with Crippen LogP contribution >= 0.6 is 15.9 Å². The normalized spacial score (nSPS) is 10.9. The summed E-state index contributed by atoms with van der Waals surface area (Å²) < 4.78 is 2.96. The lowest BCUT2D eigenvalue weighted by molar-refractivity contribution is -0.116. The van der Waals surface area contributed by atoms with Crippen molar-refractivity contribution in [2.24, 2.45) is 0 Å². The summed E-state index contributed by atoms with van der Waals surface area (Å²) in [4.78, 5) is 17.0. The second-order valence-corrected chi connectivity index (χ2v) is 6.32. The van der Waals surface area contributed by atoms with Crippen LogP contribution in [0.4, 0.5) is 5.69 Å². The number of hydrogen-bond acceptors (Lipinski definition) is 2. The van der Waals surface area contributed by atoms with E-state index in [2.05, 4.69) is 26.2 Å². The summed E-state index contributed by atoms with van der Waals surface area (Å²) in [7, 11) is 0. The Morgan fingerprint density at radius 2 is 2.04 bits per heavy atom. The molecule has 0 aliphatic rings. The average Bonchev–Trinajstić information content (AvgIpc) is 2.89. The molecule has 3 aromatic rings. The van der Waals surface area contributed by atoms with E-state index in [9.17, 15) is 4.79 Å². The van der Waals surface area contributed by atoms with Crippen molar-refractivity contribution in [1.29, 1.82) is 0 Å². The molecule has 2 aromatic carbocycles. The lowest BCUT2D eigenvalue weighted by Gasteiger charge is -2.10. The molecule has 0 aliphatic heterocycles. The number of nitrogens with zero attached hydrogens (tertiary/aromatic N) is 2. The van der Waals surface area contributed by atoms with Crippen LogP contribution in [0.15, 0.2) is 46.9 Å². The van der Waals surface area contributed by atoms with Crippen molar-refractivity contribution >= 4 is 38.6 Å². The number of carbonyl (C=O) groups excluding carboxylic acids is 1. The zero-order chi connectivity index (χ0) is 16.4. The van der Waals surface area contributed by atoms with E-state index in [0.29, 0.717) is 0 Å². The van der Waals surface area contributed by atoms with Crippen LogP contribution in [-0.2, 0) is 17.8 Å². The molecule has 1 amide bonds. The molecule has 0 bridgehead atoms. The number of aromatic nitrogens is 2. The van der Waals surface area contributed by atoms with E-state index < -0.39 is 0 Å². The predicted octanol–water partition coefficient (Wildman–Crippen LogP) is 4.31. The molecule has 0 fully saturated rings. The van der Waals surface area contributed by atoms with Crippen molar-refractivity contribution in [2.75, 3.05) is 5.32 Å². The third kappa shape index (κ3) is 3.29. The number of hydrogen-bond donors (Lipinski definition) is 1. The van der Waals surface area contributed by atoms with Gasteiger partial charge in [0.2, 0.25) is 5.91 Å². The Morgan fingerprint density at radius 1 is 1.26 bits per heavy atom. The second kappa shape index (κ2) is 6.54. The summed E-state index contributed by atoms with van der Waals surface area (Å²) in [5.41, 5.74) is 3.84. The highest BCUT2D eigenvalue weighted by Crippen LogP contribution is 2.21. The van der Waals surface area contributed by atoms with Crippen LogP contribution in [0.5, 0.6) is 0 Å². The van der Waals surface area contributed by atoms with E-state index in [-0.39, 0.29) is 12.5 Å². The highest BCUT2D eigenvalue weighted by Gasteiger charge is 2.12. The summed E-state index contributed by atoms with van der Waals surface area (Å²) in [5.74, 6) is 0.866. The maximum absolute atomic E-state index is 12.4. The summed E-state index contributed by atoms with van der Waals surface area (Å²) in [6.45, 7) is 4.32. The number of aryl methyl sites for hydroxylation is 2. The Bertz CT molecular complexity index is 870. The number of nitrogens with one attached hydrogen (secondary N) is 1. The van der Waals surface area contributed by atoms with E-state index in [4.69, 9.17) is 0 Å². The first kappa shape index (κ1) is 15.7. The predicted molar refractivity (Wildman–Crippen MR) is 96.6 cm³/mol. The van der Waals surface area contributed by atoms with Crippen LogP contribution in [0, 0.1) is 6.92 Å². The standard InChI is InChI=1S/C18H18BrN3O/c1-3-17-21-15-6-4-5-7-16(15)22(17)11-18(23)20-13-9-8-12(2)14(19)10-13/h4-10H,3,11H2,1-2H3,(H,20,23). The molecule has 5 heteroatoms. The molecule has 118 valence electrons. The van der Waals surface area contributed by atoms with E-state index in [0.717, 1.165) is 39.0 Å². The van der Waals surface area contributed by atoms with Crippen molar-refractivity contribution < 1.29 is 4.79 Å². The van der Waals surface area contributed by atoms with E-state index in [1.54, 1.807) is 0 Å². The molecule has 0 spiro atoms. The van der Waals surface area contributed by atoms with Crippen LogP contribution in [0.25, 0.3) is 11.0 Å². The van der Waals surface area contributed by atoms with Crippen molar-refractivity contribution in [2.45, 2.75) is 26.8 Å². The Hall–Kier alpha value is -2.14. The van der Waals surface area contributed by atoms with Crippen molar-refractivity contribution in [3.05, 3.63) is 58.3 Å². The van der Waals surface area contributed by atoms with Gasteiger partial charge in [0.15, 0.2) is 0 Å². The Morgan fingerprint density at radius 3 is 2.78 bits per heavy atom. The Balaban J connectivity index is 1.83. The molecule has 0 unspecified atom stereocenters. The zero-order valence-corrected chi connectivity index (χ0v) is 14.7. The van der Waals surface area contributed by atoms with Gasteiger partial charge < -0.3 is 9.88 Å². The van der Waals surface area contributed by atoms with Gasteiger partial charge in [-0.2, -0.15) is 0 Å². The average molecular weight is 372 g/mol. The zero-order valence-electron chi connectivity index (χ0n) is 13.1. The molecule has 0 saturated heterocycles. The largest absolute Gasteiger partial charge is 0.324 e. The molecular weight excluding hydrogens is 354 g/mol. The minimum absolute atomic E-state index is 0.0568. The molecule has 1 N–H and O–H groups in total. The lowest BCUT2D eigenvalue weighted by atomic mass is 10.2. The molecule has 4 nitrogen and oxygen atoms in total.